The highest BCUT2D eigenvalue weighted by Gasteiger charge is 2.45. The van der Waals surface area contributed by atoms with Gasteiger partial charge in [-0.3, -0.25) is 15.2 Å². The number of aryl methyl sites for hydroxylation is 1. The van der Waals surface area contributed by atoms with Crippen molar-refractivity contribution in [3.05, 3.63) is 41.5 Å². The molecule has 1 aromatic carbocycles. The Hall–Kier alpha value is -2.24. The predicted octanol–water partition coefficient (Wildman–Crippen LogP) is 2.31. The fraction of sp³-hybridized carbons (Fsp3) is 0.357. The Kier molecular flexibility index (Phi) is 3.00. The van der Waals surface area contributed by atoms with Crippen LogP contribution in [0.2, 0.25) is 0 Å². The van der Waals surface area contributed by atoms with Gasteiger partial charge in [-0.25, -0.2) is 4.39 Å². The Balaban J connectivity index is 1.85. The van der Waals surface area contributed by atoms with Crippen LogP contribution in [0.25, 0.3) is 0 Å². The fourth-order valence-electron chi connectivity index (χ4n) is 2.57. The monoisotopic (exact) mass is 274 g/mol. The molecule has 1 heterocycles. The number of aromatic amines is 1. The van der Waals surface area contributed by atoms with Crippen molar-refractivity contribution in [2.45, 2.75) is 31.6 Å². The molecule has 6 heteroatoms. The van der Waals surface area contributed by atoms with Crippen LogP contribution in [0.5, 0.6) is 0 Å². The summed E-state index contributed by atoms with van der Waals surface area (Å²) in [5.41, 5.74) is 0.261. The third-order valence-corrected chi connectivity index (χ3v) is 3.86. The molecule has 1 fully saturated rings. The van der Waals surface area contributed by atoms with E-state index in [1.165, 1.54) is 12.1 Å². The van der Waals surface area contributed by atoms with Crippen molar-refractivity contribution in [1.29, 1.82) is 0 Å². The number of aromatic nitrogens is 3. The molecule has 1 saturated carbocycles. The Morgan fingerprint density at radius 3 is 2.55 bits per heavy atom. The molecule has 1 amide bonds. The minimum Gasteiger partial charge on any atom is -0.292 e. The molecule has 0 unspecified atom stereocenters. The minimum absolute atomic E-state index is 0.130. The molecule has 20 heavy (non-hydrogen) atoms. The zero-order valence-electron chi connectivity index (χ0n) is 11.1. The van der Waals surface area contributed by atoms with Gasteiger partial charge in [-0.15, -0.1) is 5.10 Å². The average molecular weight is 274 g/mol. The maximum absolute atomic E-state index is 13.0. The summed E-state index contributed by atoms with van der Waals surface area (Å²) in [6.45, 7) is 1.77. The van der Waals surface area contributed by atoms with E-state index >= 15 is 0 Å². The lowest BCUT2D eigenvalue weighted by atomic mass is 9.64. The maximum atomic E-state index is 13.0. The molecule has 2 N–H and O–H groups in total. The van der Waals surface area contributed by atoms with Crippen LogP contribution in [0.15, 0.2) is 24.3 Å². The van der Waals surface area contributed by atoms with Crippen molar-refractivity contribution in [3.8, 4) is 0 Å². The Labute approximate surface area is 115 Å². The predicted molar refractivity (Wildman–Crippen MR) is 71.7 cm³/mol. The normalized spacial score (nSPS) is 16.5. The highest BCUT2D eigenvalue weighted by atomic mass is 19.1. The maximum Gasteiger partial charge on any atom is 0.248 e. The van der Waals surface area contributed by atoms with Crippen molar-refractivity contribution in [2.24, 2.45) is 0 Å². The number of nitrogens with zero attached hydrogens (tertiary/aromatic N) is 2. The molecular formula is C14H15FN4O. The summed E-state index contributed by atoms with van der Waals surface area (Å²) in [5, 5.41) is 9.32. The molecule has 5 nitrogen and oxygen atoms in total. The zero-order chi connectivity index (χ0) is 14.2. The van der Waals surface area contributed by atoms with Crippen molar-refractivity contribution in [3.63, 3.8) is 0 Å². The Morgan fingerprint density at radius 2 is 2.05 bits per heavy atom. The van der Waals surface area contributed by atoms with Crippen LogP contribution in [-0.4, -0.2) is 21.1 Å². The van der Waals surface area contributed by atoms with Gasteiger partial charge >= 0.3 is 0 Å². The average Bonchev–Trinajstić information content (AvgIpc) is 2.76. The number of halogens is 1. The topological polar surface area (TPSA) is 70.7 Å². The number of anilines is 1. The molecular weight excluding hydrogens is 259 g/mol. The number of carbonyl (C=O) groups excluding carboxylic acids is 1. The van der Waals surface area contributed by atoms with Gasteiger partial charge in [0.05, 0.1) is 5.41 Å². The third kappa shape index (κ3) is 2.07. The largest absolute Gasteiger partial charge is 0.292 e. The van der Waals surface area contributed by atoms with Crippen molar-refractivity contribution >= 4 is 11.9 Å². The zero-order valence-corrected chi connectivity index (χ0v) is 11.1. The van der Waals surface area contributed by atoms with E-state index in [1.54, 1.807) is 19.1 Å². The smallest absolute Gasteiger partial charge is 0.248 e. The molecule has 1 aromatic heterocycles. The molecule has 0 spiro atoms. The number of rotatable bonds is 3. The molecule has 3 rings (SSSR count). The fourth-order valence-corrected chi connectivity index (χ4v) is 2.57. The lowest BCUT2D eigenvalue weighted by Gasteiger charge is -2.40. The van der Waals surface area contributed by atoms with Crippen LogP contribution in [0.4, 0.5) is 10.3 Å². The van der Waals surface area contributed by atoms with Crippen LogP contribution in [-0.2, 0) is 10.2 Å². The Bertz CT molecular complexity index is 631. The Morgan fingerprint density at radius 1 is 1.35 bits per heavy atom. The van der Waals surface area contributed by atoms with Crippen LogP contribution < -0.4 is 5.32 Å². The van der Waals surface area contributed by atoms with Gasteiger partial charge in [0, 0.05) is 0 Å². The van der Waals surface area contributed by atoms with E-state index in [9.17, 15) is 9.18 Å². The number of hydrogen-bond donors (Lipinski definition) is 2. The van der Waals surface area contributed by atoms with Gasteiger partial charge in [0.1, 0.15) is 11.6 Å². The summed E-state index contributed by atoms with van der Waals surface area (Å²) < 4.78 is 13.0. The molecule has 1 aliphatic carbocycles. The molecule has 0 aliphatic heterocycles. The number of amides is 1. The van der Waals surface area contributed by atoms with Gasteiger partial charge in [-0.05, 0) is 37.5 Å². The van der Waals surface area contributed by atoms with Crippen LogP contribution in [0.1, 0.15) is 30.7 Å². The first-order valence-corrected chi connectivity index (χ1v) is 6.57. The van der Waals surface area contributed by atoms with E-state index in [-0.39, 0.29) is 17.7 Å². The lowest BCUT2D eigenvalue weighted by Crippen LogP contribution is -2.46. The van der Waals surface area contributed by atoms with Crippen molar-refractivity contribution < 1.29 is 9.18 Å². The van der Waals surface area contributed by atoms with Gasteiger partial charge in [0.15, 0.2) is 0 Å². The second kappa shape index (κ2) is 4.70. The standard InChI is InChI=1S/C14H15FN4O/c1-9-16-13(19-18-9)17-12(20)14(7-2-8-14)10-3-5-11(15)6-4-10/h3-6H,2,7-8H2,1H3,(H2,16,17,18,19,20). The second-order valence-corrected chi connectivity index (χ2v) is 5.14. The summed E-state index contributed by atoms with van der Waals surface area (Å²) in [5.74, 6) is 0.494. The summed E-state index contributed by atoms with van der Waals surface area (Å²) in [6, 6.07) is 6.13. The summed E-state index contributed by atoms with van der Waals surface area (Å²) in [6.07, 6.45) is 2.50. The summed E-state index contributed by atoms with van der Waals surface area (Å²) in [4.78, 5) is 16.6. The first-order chi connectivity index (χ1) is 9.60. The van der Waals surface area contributed by atoms with Gasteiger partial charge in [0.2, 0.25) is 11.9 Å². The molecule has 104 valence electrons. The van der Waals surface area contributed by atoms with Crippen molar-refractivity contribution in [1.82, 2.24) is 15.2 Å². The molecule has 0 atom stereocenters. The van der Waals surface area contributed by atoms with Crippen LogP contribution in [0.3, 0.4) is 0 Å². The van der Waals surface area contributed by atoms with E-state index in [1.807, 2.05) is 0 Å². The summed E-state index contributed by atoms with van der Waals surface area (Å²) in [7, 11) is 0. The number of nitrogens with one attached hydrogen (secondary N) is 2. The van der Waals surface area contributed by atoms with Gasteiger partial charge in [-0.1, -0.05) is 18.6 Å². The molecule has 0 saturated heterocycles. The quantitative estimate of drug-likeness (QED) is 0.902. The highest BCUT2D eigenvalue weighted by Crippen LogP contribution is 2.44. The van der Waals surface area contributed by atoms with E-state index in [0.29, 0.717) is 5.82 Å². The van der Waals surface area contributed by atoms with Gasteiger partial charge < -0.3 is 0 Å². The third-order valence-electron chi connectivity index (χ3n) is 3.86. The number of benzene rings is 1. The van der Waals surface area contributed by atoms with E-state index < -0.39 is 5.41 Å². The van der Waals surface area contributed by atoms with Crippen LogP contribution >= 0.6 is 0 Å². The lowest BCUT2D eigenvalue weighted by molar-refractivity contribution is -0.124. The van der Waals surface area contributed by atoms with Crippen LogP contribution in [0, 0.1) is 12.7 Å². The molecule has 2 aromatic rings. The molecule has 0 bridgehead atoms. The number of carbonyl (C=O) groups is 1. The first-order valence-electron chi connectivity index (χ1n) is 6.57. The number of hydrogen-bond acceptors (Lipinski definition) is 3. The van der Waals surface area contributed by atoms with E-state index in [2.05, 4.69) is 20.5 Å². The van der Waals surface area contributed by atoms with E-state index in [4.69, 9.17) is 0 Å². The number of H-pyrrole nitrogens is 1. The minimum atomic E-state index is -0.581. The molecule has 1 aliphatic rings. The molecule has 0 radical (unpaired) electrons. The highest BCUT2D eigenvalue weighted by molar-refractivity contribution is 5.98. The van der Waals surface area contributed by atoms with Crippen molar-refractivity contribution in [2.75, 3.05) is 5.32 Å². The SMILES string of the molecule is Cc1nc(NC(=O)C2(c3ccc(F)cc3)CCC2)n[nH]1. The second-order valence-electron chi connectivity index (χ2n) is 5.14. The van der Waals surface area contributed by atoms with Gasteiger partial charge in [0.25, 0.3) is 0 Å². The van der Waals surface area contributed by atoms with E-state index in [0.717, 1.165) is 24.8 Å². The summed E-state index contributed by atoms with van der Waals surface area (Å²) >= 11 is 0. The van der Waals surface area contributed by atoms with Gasteiger partial charge in [-0.2, -0.15) is 4.98 Å². The first kappa shape index (κ1) is 12.8.